The highest BCUT2D eigenvalue weighted by molar-refractivity contribution is 5.84. The Bertz CT molecular complexity index is 522. The van der Waals surface area contributed by atoms with Crippen LogP contribution in [0.3, 0.4) is 0 Å². The molecule has 2 N–H and O–H groups in total. The molecule has 1 aromatic rings. The fourth-order valence-electron chi connectivity index (χ4n) is 2.37. The second-order valence-electron chi connectivity index (χ2n) is 5.57. The van der Waals surface area contributed by atoms with E-state index in [0.717, 1.165) is 17.0 Å². The zero-order valence-electron chi connectivity index (χ0n) is 13.4. The summed E-state index contributed by atoms with van der Waals surface area (Å²) >= 11 is 0. The number of hydrogen-bond donors (Lipinski definition) is 2. The fourth-order valence-corrected chi connectivity index (χ4v) is 2.37. The van der Waals surface area contributed by atoms with Crippen LogP contribution in [-0.2, 0) is 23.1 Å². The average molecular weight is 295 g/mol. The minimum absolute atomic E-state index is 0.224. The van der Waals surface area contributed by atoms with Crippen LogP contribution in [0.5, 0.6) is 0 Å². The molecule has 0 saturated carbocycles. The Labute approximate surface area is 125 Å². The van der Waals surface area contributed by atoms with Gasteiger partial charge < -0.3 is 10.4 Å². The average Bonchev–Trinajstić information content (AvgIpc) is 2.64. The third-order valence-electron chi connectivity index (χ3n) is 3.81. The number of nitrogens with zero attached hydrogens (tertiary/aromatic N) is 2. The van der Waals surface area contributed by atoms with Gasteiger partial charge in [-0.3, -0.25) is 9.48 Å². The topological polar surface area (TPSA) is 84.2 Å². The zero-order valence-corrected chi connectivity index (χ0v) is 13.4. The van der Waals surface area contributed by atoms with E-state index in [2.05, 4.69) is 10.4 Å². The Balaban J connectivity index is 2.72. The number of rotatable bonds is 7. The van der Waals surface area contributed by atoms with E-state index in [9.17, 15) is 9.59 Å². The van der Waals surface area contributed by atoms with Crippen LogP contribution in [0.15, 0.2) is 0 Å². The molecule has 1 rings (SSSR count). The number of hydrogen-bond acceptors (Lipinski definition) is 3. The molecule has 0 aliphatic carbocycles. The molecule has 1 amide bonds. The smallest absolute Gasteiger partial charge is 0.326 e. The SMILES string of the molecule is CCCC(NC(=O)C(C)Cc1c(C)nn(C)c1C)C(=O)O. The summed E-state index contributed by atoms with van der Waals surface area (Å²) in [7, 11) is 1.87. The first-order chi connectivity index (χ1) is 9.77. The van der Waals surface area contributed by atoms with Gasteiger partial charge >= 0.3 is 5.97 Å². The van der Waals surface area contributed by atoms with Crippen LogP contribution in [0.2, 0.25) is 0 Å². The third kappa shape index (κ3) is 4.31. The lowest BCUT2D eigenvalue weighted by Gasteiger charge is -2.17. The molecule has 6 nitrogen and oxygen atoms in total. The zero-order chi connectivity index (χ0) is 16.2. The Kier molecular flexibility index (Phi) is 5.93. The van der Waals surface area contributed by atoms with Gasteiger partial charge in [0.1, 0.15) is 6.04 Å². The highest BCUT2D eigenvalue weighted by atomic mass is 16.4. The molecule has 0 aromatic carbocycles. The van der Waals surface area contributed by atoms with E-state index in [4.69, 9.17) is 5.11 Å². The second kappa shape index (κ2) is 7.24. The lowest BCUT2D eigenvalue weighted by molar-refractivity contribution is -0.142. The lowest BCUT2D eigenvalue weighted by atomic mass is 9.98. The molecule has 2 atom stereocenters. The van der Waals surface area contributed by atoms with Crippen molar-refractivity contribution >= 4 is 11.9 Å². The predicted molar refractivity (Wildman–Crippen MR) is 80.0 cm³/mol. The molecule has 0 radical (unpaired) electrons. The molecule has 2 unspecified atom stereocenters. The van der Waals surface area contributed by atoms with E-state index in [1.807, 2.05) is 34.7 Å². The van der Waals surface area contributed by atoms with E-state index in [1.54, 1.807) is 4.68 Å². The molecule has 6 heteroatoms. The van der Waals surface area contributed by atoms with Crippen LogP contribution in [-0.4, -0.2) is 32.8 Å². The summed E-state index contributed by atoms with van der Waals surface area (Å²) in [4.78, 5) is 23.3. The maximum absolute atomic E-state index is 12.2. The number of carboxylic acid groups (broad SMARTS) is 1. The van der Waals surface area contributed by atoms with Gasteiger partial charge in [-0.2, -0.15) is 5.10 Å². The van der Waals surface area contributed by atoms with Gasteiger partial charge in [-0.25, -0.2) is 4.79 Å². The molecule has 118 valence electrons. The molecule has 1 heterocycles. The van der Waals surface area contributed by atoms with E-state index in [1.165, 1.54) is 0 Å². The molecule has 0 aliphatic heterocycles. The van der Waals surface area contributed by atoms with Crippen molar-refractivity contribution in [3.05, 3.63) is 17.0 Å². The first-order valence-corrected chi connectivity index (χ1v) is 7.30. The number of amides is 1. The number of carbonyl (C=O) groups is 2. The highest BCUT2D eigenvalue weighted by Crippen LogP contribution is 2.17. The van der Waals surface area contributed by atoms with Crippen molar-refractivity contribution in [2.24, 2.45) is 13.0 Å². The predicted octanol–water partition coefficient (Wildman–Crippen LogP) is 1.59. The minimum atomic E-state index is -0.980. The van der Waals surface area contributed by atoms with E-state index in [-0.39, 0.29) is 11.8 Å². The second-order valence-corrected chi connectivity index (χ2v) is 5.57. The summed E-state index contributed by atoms with van der Waals surface area (Å²) in [5, 5.41) is 16.0. The van der Waals surface area contributed by atoms with Crippen molar-refractivity contribution < 1.29 is 14.7 Å². The molecule has 0 fully saturated rings. The largest absolute Gasteiger partial charge is 0.480 e. The number of aryl methyl sites for hydroxylation is 2. The highest BCUT2D eigenvalue weighted by Gasteiger charge is 2.23. The third-order valence-corrected chi connectivity index (χ3v) is 3.81. The molecule has 0 spiro atoms. The van der Waals surface area contributed by atoms with Crippen molar-refractivity contribution in [1.29, 1.82) is 0 Å². The minimum Gasteiger partial charge on any atom is -0.480 e. The van der Waals surface area contributed by atoms with Crippen molar-refractivity contribution in [2.45, 2.75) is 53.0 Å². The van der Waals surface area contributed by atoms with Crippen LogP contribution in [0.25, 0.3) is 0 Å². The molecule has 21 heavy (non-hydrogen) atoms. The van der Waals surface area contributed by atoms with Crippen molar-refractivity contribution in [3.63, 3.8) is 0 Å². The Morgan fingerprint density at radius 2 is 2.00 bits per heavy atom. The molecule has 0 aliphatic rings. The number of nitrogens with one attached hydrogen (secondary N) is 1. The Hall–Kier alpha value is -1.85. The summed E-state index contributed by atoms with van der Waals surface area (Å²) < 4.78 is 1.80. The quantitative estimate of drug-likeness (QED) is 0.800. The van der Waals surface area contributed by atoms with Gasteiger partial charge in [-0.15, -0.1) is 0 Å². The number of carboxylic acids is 1. The van der Waals surface area contributed by atoms with Crippen LogP contribution >= 0.6 is 0 Å². The number of aromatic nitrogens is 2. The van der Waals surface area contributed by atoms with Gasteiger partial charge in [0.2, 0.25) is 5.91 Å². The number of aliphatic carboxylic acids is 1. The van der Waals surface area contributed by atoms with Gasteiger partial charge in [-0.05, 0) is 32.3 Å². The van der Waals surface area contributed by atoms with Crippen LogP contribution < -0.4 is 5.32 Å². The first kappa shape index (κ1) is 17.2. The Morgan fingerprint density at radius 3 is 2.43 bits per heavy atom. The summed E-state index contributed by atoms with van der Waals surface area (Å²) in [5.41, 5.74) is 3.01. The summed E-state index contributed by atoms with van der Waals surface area (Å²) in [6, 6.07) is -0.805. The maximum atomic E-state index is 12.2. The normalized spacial score (nSPS) is 13.8. The molecular weight excluding hydrogens is 270 g/mol. The maximum Gasteiger partial charge on any atom is 0.326 e. The van der Waals surface area contributed by atoms with Gasteiger partial charge in [0.05, 0.1) is 5.69 Å². The monoisotopic (exact) mass is 295 g/mol. The van der Waals surface area contributed by atoms with Crippen LogP contribution in [0.4, 0.5) is 0 Å². The van der Waals surface area contributed by atoms with Crippen molar-refractivity contribution in [2.75, 3.05) is 0 Å². The van der Waals surface area contributed by atoms with E-state index in [0.29, 0.717) is 19.3 Å². The summed E-state index contributed by atoms with van der Waals surface area (Å²) in [5.74, 6) is -1.49. The molecule has 0 saturated heterocycles. The fraction of sp³-hybridized carbons (Fsp3) is 0.667. The number of carbonyl (C=O) groups excluding carboxylic acids is 1. The Morgan fingerprint density at radius 1 is 1.38 bits per heavy atom. The first-order valence-electron chi connectivity index (χ1n) is 7.30. The standard InChI is InChI=1S/C15H25N3O3/c1-6-7-13(15(20)21)16-14(19)9(2)8-12-10(3)17-18(5)11(12)4/h9,13H,6-8H2,1-5H3,(H,16,19)(H,20,21). The van der Waals surface area contributed by atoms with Crippen molar-refractivity contribution in [1.82, 2.24) is 15.1 Å². The summed E-state index contributed by atoms with van der Waals surface area (Å²) in [6.45, 7) is 7.60. The van der Waals surface area contributed by atoms with Gasteiger partial charge in [0.15, 0.2) is 0 Å². The molecule has 1 aromatic heterocycles. The van der Waals surface area contributed by atoms with Crippen LogP contribution in [0.1, 0.15) is 43.6 Å². The molecule has 0 bridgehead atoms. The van der Waals surface area contributed by atoms with Crippen molar-refractivity contribution in [3.8, 4) is 0 Å². The van der Waals surface area contributed by atoms with E-state index < -0.39 is 12.0 Å². The van der Waals surface area contributed by atoms with E-state index >= 15 is 0 Å². The van der Waals surface area contributed by atoms with Gasteiger partial charge in [0, 0.05) is 18.7 Å². The lowest BCUT2D eigenvalue weighted by Crippen LogP contribution is -2.43. The van der Waals surface area contributed by atoms with Gasteiger partial charge in [0.25, 0.3) is 0 Å². The van der Waals surface area contributed by atoms with Gasteiger partial charge in [-0.1, -0.05) is 20.3 Å². The van der Waals surface area contributed by atoms with Crippen LogP contribution in [0, 0.1) is 19.8 Å². The molecular formula is C15H25N3O3. The summed E-state index contributed by atoms with van der Waals surface area (Å²) in [6.07, 6.45) is 1.72.